The number of anilines is 1. The molecule has 2 aromatic rings. The van der Waals surface area contributed by atoms with Crippen molar-refractivity contribution in [1.82, 2.24) is 4.98 Å². The van der Waals surface area contributed by atoms with Crippen molar-refractivity contribution < 1.29 is 4.74 Å². The van der Waals surface area contributed by atoms with Crippen LogP contribution >= 0.6 is 15.9 Å². The van der Waals surface area contributed by atoms with E-state index in [-0.39, 0.29) is 0 Å². The number of halogens is 1. The molecule has 0 aliphatic carbocycles. The van der Waals surface area contributed by atoms with Crippen molar-refractivity contribution in [3.05, 3.63) is 46.1 Å². The van der Waals surface area contributed by atoms with Gasteiger partial charge in [0.2, 0.25) is 5.88 Å². The van der Waals surface area contributed by atoms with Gasteiger partial charge in [0.15, 0.2) is 0 Å². The molecule has 0 amide bonds. The van der Waals surface area contributed by atoms with Gasteiger partial charge in [-0.25, -0.2) is 4.98 Å². The number of aromatic nitrogens is 1. The molecule has 0 fully saturated rings. The van der Waals surface area contributed by atoms with Gasteiger partial charge in [-0.2, -0.15) is 0 Å². The van der Waals surface area contributed by atoms with Crippen LogP contribution in [0.25, 0.3) is 0 Å². The van der Waals surface area contributed by atoms with Crippen molar-refractivity contribution in [2.75, 3.05) is 5.73 Å². The van der Waals surface area contributed by atoms with Crippen LogP contribution in [0.5, 0.6) is 11.6 Å². The molecule has 0 bridgehead atoms. The average molecular weight is 293 g/mol. The third-order valence-electron chi connectivity index (χ3n) is 2.41. The molecule has 0 saturated heterocycles. The van der Waals surface area contributed by atoms with Gasteiger partial charge in [0.1, 0.15) is 5.75 Å². The Morgan fingerprint density at radius 1 is 1.18 bits per heavy atom. The Morgan fingerprint density at radius 2 is 1.94 bits per heavy atom. The molecular formula is C13H13BrN2O. The van der Waals surface area contributed by atoms with E-state index >= 15 is 0 Å². The normalized spacial score (nSPS) is 10.3. The van der Waals surface area contributed by atoms with Crippen molar-refractivity contribution in [2.45, 2.75) is 13.8 Å². The number of hydrogen-bond acceptors (Lipinski definition) is 3. The lowest BCUT2D eigenvalue weighted by molar-refractivity contribution is 0.455. The zero-order valence-electron chi connectivity index (χ0n) is 9.70. The highest BCUT2D eigenvalue weighted by Gasteiger charge is 2.06. The molecular weight excluding hydrogens is 280 g/mol. The third-order valence-corrected chi connectivity index (χ3v) is 2.90. The second-order valence-electron chi connectivity index (χ2n) is 3.90. The number of aryl methyl sites for hydroxylation is 2. The number of benzene rings is 1. The predicted octanol–water partition coefficient (Wildman–Crippen LogP) is 3.84. The molecule has 2 N–H and O–H groups in total. The minimum Gasteiger partial charge on any atom is -0.438 e. The summed E-state index contributed by atoms with van der Waals surface area (Å²) in [6, 6.07) is 7.74. The highest BCUT2D eigenvalue weighted by atomic mass is 79.9. The standard InChI is InChI=1S/C13H13BrN2O/c1-8-3-4-10(14)6-12(8)17-13-9(2)5-11(15)7-16-13/h3-7H,15H2,1-2H3. The molecule has 2 rings (SSSR count). The van der Waals surface area contributed by atoms with Crippen molar-refractivity contribution in [1.29, 1.82) is 0 Å². The van der Waals surface area contributed by atoms with Crippen LogP contribution in [0.4, 0.5) is 5.69 Å². The summed E-state index contributed by atoms with van der Waals surface area (Å²) in [6.45, 7) is 3.92. The molecule has 1 aromatic carbocycles. The lowest BCUT2D eigenvalue weighted by atomic mass is 10.2. The van der Waals surface area contributed by atoms with E-state index in [0.29, 0.717) is 11.6 Å². The van der Waals surface area contributed by atoms with Gasteiger partial charge in [0.25, 0.3) is 0 Å². The molecule has 88 valence electrons. The number of ether oxygens (including phenoxy) is 1. The number of nitrogens with zero attached hydrogens (tertiary/aromatic N) is 1. The Kier molecular flexibility index (Phi) is 3.33. The van der Waals surface area contributed by atoms with Crippen LogP contribution in [0.1, 0.15) is 11.1 Å². The fraction of sp³-hybridized carbons (Fsp3) is 0.154. The zero-order chi connectivity index (χ0) is 12.4. The largest absolute Gasteiger partial charge is 0.438 e. The maximum Gasteiger partial charge on any atom is 0.222 e. The first-order valence-corrected chi connectivity index (χ1v) is 6.01. The number of rotatable bonds is 2. The molecule has 0 radical (unpaired) electrons. The Morgan fingerprint density at radius 3 is 2.65 bits per heavy atom. The predicted molar refractivity (Wildman–Crippen MR) is 72.3 cm³/mol. The molecule has 1 heterocycles. The van der Waals surface area contributed by atoms with E-state index in [1.165, 1.54) is 0 Å². The Balaban J connectivity index is 2.34. The Labute approximate surface area is 109 Å². The first kappa shape index (κ1) is 11.9. The van der Waals surface area contributed by atoms with Gasteiger partial charge in [-0.15, -0.1) is 0 Å². The van der Waals surface area contributed by atoms with Crippen LogP contribution in [0.15, 0.2) is 34.9 Å². The summed E-state index contributed by atoms with van der Waals surface area (Å²) in [4.78, 5) is 4.18. The lowest BCUT2D eigenvalue weighted by Crippen LogP contribution is -1.95. The average Bonchev–Trinajstić information content (AvgIpc) is 2.27. The van der Waals surface area contributed by atoms with Crippen molar-refractivity contribution in [3.63, 3.8) is 0 Å². The molecule has 4 heteroatoms. The van der Waals surface area contributed by atoms with E-state index in [0.717, 1.165) is 21.3 Å². The van der Waals surface area contributed by atoms with Crippen molar-refractivity contribution >= 4 is 21.6 Å². The monoisotopic (exact) mass is 292 g/mol. The van der Waals surface area contributed by atoms with E-state index in [2.05, 4.69) is 20.9 Å². The van der Waals surface area contributed by atoms with E-state index in [9.17, 15) is 0 Å². The summed E-state index contributed by atoms with van der Waals surface area (Å²) in [7, 11) is 0. The number of pyridine rings is 1. The summed E-state index contributed by atoms with van der Waals surface area (Å²) in [5.74, 6) is 1.38. The lowest BCUT2D eigenvalue weighted by Gasteiger charge is -2.10. The van der Waals surface area contributed by atoms with E-state index in [1.54, 1.807) is 6.20 Å². The SMILES string of the molecule is Cc1ccc(Br)cc1Oc1ncc(N)cc1C. The molecule has 0 atom stereocenters. The minimum absolute atomic E-state index is 0.584. The maximum absolute atomic E-state index is 5.78. The van der Waals surface area contributed by atoms with Gasteiger partial charge in [-0.05, 0) is 37.6 Å². The molecule has 0 saturated carbocycles. The molecule has 1 aromatic heterocycles. The Hall–Kier alpha value is -1.55. The summed E-state index contributed by atoms with van der Waals surface area (Å²) in [5.41, 5.74) is 8.27. The molecule has 0 spiro atoms. The molecule has 0 aliphatic rings. The van der Waals surface area contributed by atoms with Gasteiger partial charge >= 0.3 is 0 Å². The van der Waals surface area contributed by atoms with Crippen LogP contribution in [-0.4, -0.2) is 4.98 Å². The molecule has 17 heavy (non-hydrogen) atoms. The highest BCUT2D eigenvalue weighted by molar-refractivity contribution is 9.10. The van der Waals surface area contributed by atoms with E-state index in [4.69, 9.17) is 10.5 Å². The second kappa shape index (κ2) is 4.75. The first-order valence-electron chi connectivity index (χ1n) is 5.22. The van der Waals surface area contributed by atoms with Crippen LogP contribution in [0.2, 0.25) is 0 Å². The second-order valence-corrected chi connectivity index (χ2v) is 4.82. The van der Waals surface area contributed by atoms with E-state index < -0.39 is 0 Å². The van der Waals surface area contributed by atoms with Crippen molar-refractivity contribution in [2.24, 2.45) is 0 Å². The fourth-order valence-electron chi connectivity index (χ4n) is 1.48. The van der Waals surface area contributed by atoms with Gasteiger partial charge in [0.05, 0.1) is 11.9 Å². The van der Waals surface area contributed by atoms with Gasteiger partial charge in [0, 0.05) is 10.0 Å². The fourth-order valence-corrected chi connectivity index (χ4v) is 1.82. The smallest absolute Gasteiger partial charge is 0.222 e. The third kappa shape index (κ3) is 2.77. The number of nitrogens with two attached hydrogens (primary N) is 1. The topological polar surface area (TPSA) is 48.1 Å². The maximum atomic E-state index is 5.78. The molecule has 0 unspecified atom stereocenters. The summed E-state index contributed by atoms with van der Waals surface area (Å²) in [6.07, 6.45) is 1.59. The van der Waals surface area contributed by atoms with Crippen LogP contribution in [-0.2, 0) is 0 Å². The minimum atomic E-state index is 0.584. The molecule has 3 nitrogen and oxygen atoms in total. The number of hydrogen-bond donors (Lipinski definition) is 1. The van der Waals surface area contributed by atoms with Gasteiger partial charge in [-0.3, -0.25) is 0 Å². The summed E-state index contributed by atoms with van der Waals surface area (Å²) >= 11 is 3.42. The zero-order valence-corrected chi connectivity index (χ0v) is 11.3. The van der Waals surface area contributed by atoms with Crippen LogP contribution < -0.4 is 10.5 Å². The summed E-state index contributed by atoms with van der Waals surface area (Å²) < 4.78 is 6.76. The molecule has 0 aliphatic heterocycles. The Bertz CT molecular complexity index is 555. The van der Waals surface area contributed by atoms with Crippen LogP contribution in [0.3, 0.4) is 0 Å². The van der Waals surface area contributed by atoms with E-state index in [1.807, 2.05) is 38.1 Å². The number of nitrogen functional groups attached to an aromatic ring is 1. The van der Waals surface area contributed by atoms with Gasteiger partial charge in [-0.1, -0.05) is 22.0 Å². The first-order chi connectivity index (χ1) is 8.06. The van der Waals surface area contributed by atoms with Crippen LogP contribution in [0, 0.1) is 13.8 Å². The summed E-state index contributed by atoms with van der Waals surface area (Å²) in [5, 5.41) is 0. The highest BCUT2D eigenvalue weighted by Crippen LogP contribution is 2.29. The van der Waals surface area contributed by atoms with Gasteiger partial charge < -0.3 is 10.5 Å². The quantitative estimate of drug-likeness (QED) is 0.915. The van der Waals surface area contributed by atoms with Crippen molar-refractivity contribution in [3.8, 4) is 11.6 Å².